The zero-order valence-electron chi connectivity index (χ0n) is 10.2. The monoisotopic (exact) mass is 224 g/mol. The van der Waals surface area contributed by atoms with Crippen molar-refractivity contribution in [1.29, 1.82) is 0 Å². The Bertz CT molecular complexity index is 323. The molecule has 0 bridgehead atoms. The highest BCUT2D eigenvalue weighted by Gasteiger charge is 2.54. The summed E-state index contributed by atoms with van der Waals surface area (Å²) in [5.41, 5.74) is -0.598. The Morgan fingerprint density at radius 1 is 1.44 bits per heavy atom. The quantitative estimate of drug-likeness (QED) is 0.769. The molecular weight excluding hydrogens is 204 g/mol. The van der Waals surface area contributed by atoms with E-state index in [0.29, 0.717) is 18.4 Å². The van der Waals surface area contributed by atoms with Crippen LogP contribution in [0.15, 0.2) is 0 Å². The molecule has 0 aromatic carbocycles. The number of amides is 2. The van der Waals surface area contributed by atoms with Crippen LogP contribution in [0.5, 0.6) is 0 Å². The van der Waals surface area contributed by atoms with Crippen molar-refractivity contribution in [2.75, 3.05) is 13.1 Å². The van der Waals surface area contributed by atoms with Crippen LogP contribution in [0.2, 0.25) is 0 Å². The molecular formula is C12H20N2O2. The second-order valence-electron chi connectivity index (χ2n) is 5.50. The number of hydrogen-bond donors (Lipinski definition) is 1. The third kappa shape index (κ3) is 1.70. The minimum atomic E-state index is -0.598. The normalized spacial score (nSPS) is 30.9. The van der Waals surface area contributed by atoms with Crippen LogP contribution in [0, 0.1) is 11.8 Å². The first kappa shape index (κ1) is 11.4. The largest absolute Gasteiger partial charge is 0.345 e. The van der Waals surface area contributed by atoms with Crippen LogP contribution < -0.4 is 5.32 Å². The van der Waals surface area contributed by atoms with E-state index in [4.69, 9.17) is 0 Å². The second-order valence-corrected chi connectivity index (χ2v) is 5.50. The van der Waals surface area contributed by atoms with E-state index >= 15 is 0 Å². The first-order valence-electron chi connectivity index (χ1n) is 6.05. The summed E-state index contributed by atoms with van der Waals surface area (Å²) >= 11 is 0. The average molecular weight is 224 g/mol. The van der Waals surface area contributed by atoms with Crippen LogP contribution >= 0.6 is 0 Å². The van der Waals surface area contributed by atoms with Crippen molar-refractivity contribution >= 4 is 11.8 Å². The first-order chi connectivity index (χ1) is 7.46. The van der Waals surface area contributed by atoms with Crippen LogP contribution in [0.25, 0.3) is 0 Å². The number of nitrogens with zero attached hydrogens (tertiary/aromatic N) is 1. The van der Waals surface area contributed by atoms with E-state index in [-0.39, 0.29) is 18.4 Å². The highest BCUT2D eigenvalue weighted by Crippen LogP contribution is 2.44. The molecule has 1 heterocycles. The van der Waals surface area contributed by atoms with Crippen molar-refractivity contribution < 1.29 is 9.59 Å². The lowest BCUT2D eigenvalue weighted by molar-refractivity contribution is -0.154. The van der Waals surface area contributed by atoms with Gasteiger partial charge in [0.25, 0.3) is 0 Å². The molecule has 1 N–H and O–H groups in total. The van der Waals surface area contributed by atoms with Crippen molar-refractivity contribution in [2.24, 2.45) is 11.8 Å². The van der Waals surface area contributed by atoms with E-state index in [2.05, 4.69) is 19.2 Å². The van der Waals surface area contributed by atoms with E-state index in [0.717, 1.165) is 12.8 Å². The molecule has 1 aliphatic carbocycles. The summed E-state index contributed by atoms with van der Waals surface area (Å²) in [6.07, 6.45) is 2.12. The van der Waals surface area contributed by atoms with Gasteiger partial charge in [0.2, 0.25) is 11.8 Å². The maximum Gasteiger partial charge on any atom is 0.246 e. The van der Waals surface area contributed by atoms with Gasteiger partial charge in [-0.05, 0) is 31.6 Å². The van der Waals surface area contributed by atoms with Crippen LogP contribution in [0.3, 0.4) is 0 Å². The Hall–Kier alpha value is -1.06. The lowest BCUT2D eigenvalue weighted by Gasteiger charge is -2.44. The molecule has 2 amide bonds. The zero-order valence-corrected chi connectivity index (χ0v) is 10.2. The molecule has 0 aromatic rings. The van der Waals surface area contributed by atoms with Gasteiger partial charge in [0, 0.05) is 6.54 Å². The average Bonchev–Trinajstić information content (AvgIpc) is 3.02. The molecule has 0 spiro atoms. The van der Waals surface area contributed by atoms with Gasteiger partial charge in [0.1, 0.15) is 5.54 Å². The van der Waals surface area contributed by atoms with E-state index in [1.807, 2.05) is 6.92 Å². The molecule has 0 aromatic heterocycles. The lowest BCUT2D eigenvalue weighted by Crippen LogP contribution is -2.67. The van der Waals surface area contributed by atoms with E-state index in [1.54, 1.807) is 4.90 Å². The van der Waals surface area contributed by atoms with Crippen molar-refractivity contribution in [3.8, 4) is 0 Å². The molecule has 0 radical (unpaired) electrons. The van der Waals surface area contributed by atoms with E-state index < -0.39 is 5.54 Å². The predicted octanol–water partition coefficient (Wildman–Crippen LogP) is 0.769. The van der Waals surface area contributed by atoms with Gasteiger partial charge in [-0.3, -0.25) is 9.59 Å². The molecule has 4 heteroatoms. The molecule has 2 rings (SSSR count). The molecule has 90 valence electrons. The van der Waals surface area contributed by atoms with Gasteiger partial charge in [0.15, 0.2) is 0 Å². The molecule has 1 saturated carbocycles. The summed E-state index contributed by atoms with van der Waals surface area (Å²) in [5.74, 6) is 0.835. The van der Waals surface area contributed by atoms with Gasteiger partial charge >= 0.3 is 0 Å². The fourth-order valence-electron chi connectivity index (χ4n) is 2.52. The Kier molecular flexibility index (Phi) is 2.68. The molecule has 4 nitrogen and oxygen atoms in total. The molecule has 1 atom stereocenters. The number of carbonyl (C=O) groups excluding carboxylic acids is 2. The first-order valence-corrected chi connectivity index (χ1v) is 6.05. The van der Waals surface area contributed by atoms with Gasteiger partial charge in [-0.25, -0.2) is 0 Å². The number of hydrogen-bond acceptors (Lipinski definition) is 2. The molecule has 1 saturated heterocycles. The zero-order chi connectivity index (χ0) is 11.9. The number of carbonyl (C=O) groups is 2. The summed E-state index contributed by atoms with van der Waals surface area (Å²) < 4.78 is 0. The minimum Gasteiger partial charge on any atom is -0.345 e. The van der Waals surface area contributed by atoms with Crippen molar-refractivity contribution in [2.45, 2.75) is 39.2 Å². The summed E-state index contributed by atoms with van der Waals surface area (Å²) in [6.45, 7) is 6.91. The van der Waals surface area contributed by atoms with Crippen LogP contribution in [-0.4, -0.2) is 35.3 Å². The van der Waals surface area contributed by atoms with Crippen molar-refractivity contribution in [3.05, 3.63) is 0 Å². The number of piperazine rings is 1. The Morgan fingerprint density at radius 2 is 2.06 bits per heavy atom. The third-order valence-corrected chi connectivity index (χ3v) is 3.64. The molecule has 1 aliphatic heterocycles. The Labute approximate surface area is 96.4 Å². The maximum atomic E-state index is 12.0. The Morgan fingerprint density at radius 3 is 2.56 bits per heavy atom. The van der Waals surface area contributed by atoms with Gasteiger partial charge < -0.3 is 10.2 Å². The topological polar surface area (TPSA) is 49.4 Å². The SMILES string of the molecule is CC(C)CN1C(=O)CNC(=O)C1(C)C1CC1. The standard InChI is InChI=1S/C12H20N2O2/c1-8(2)7-14-10(15)6-13-11(16)12(14,3)9-4-5-9/h8-9H,4-7H2,1-3H3,(H,13,16). The van der Waals surface area contributed by atoms with Crippen LogP contribution in [-0.2, 0) is 9.59 Å². The summed E-state index contributed by atoms with van der Waals surface area (Å²) in [5, 5.41) is 2.72. The number of rotatable bonds is 3. The molecule has 16 heavy (non-hydrogen) atoms. The van der Waals surface area contributed by atoms with Gasteiger partial charge in [-0.1, -0.05) is 13.8 Å². The fourth-order valence-corrected chi connectivity index (χ4v) is 2.52. The van der Waals surface area contributed by atoms with E-state index in [9.17, 15) is 9.59 Å². The molecule has 1 unspecified atom stereocenters. The Balaban J connectivity index is 2.26. The van der Waals surface area contributed by atoms with Crippen molar-refractivity contribution in [1.82, 2.24) is 10.2 Å². The highest BCUT2D eigenvalue weighted by atomic mass is 16.2. The fraction of sp³-hybridized carbons (Fsp3) is 0.833. The minimum absolute atomic E-state index is 0.0234. The molecule has 2 fully saturated rings. The maximum absolute atomic E-state index is 12.0. The smallest absolute Gasteiger partial charge is 0.246 e. The van der Waals surface area contributed by atoms with Crippen LogP contribution in [0.4, 0.5) is 0 Å². The number of nitrogens with one attached hydrogen (secondary N) is 1. The molecule has 2 aliphatic rings. The van der Waals surface area contributed by atoms with E-state index in [1.165, 1.54) is 0 Å². The highest BCUT2D eigenvalue weighted by molar-refractivity contribution is 5.98. The van der Waals surface area contributed by atoms with Crippen LogP contribution in [0.1, 0.15) is 33.6 Å². The van der Waals surface area contributed by atoms with Gasteiger partial charge in [0.05, 0.1) is 6.54 Å². The second kappa shape index (κ2) is 3.75. The summed E-state index contributed by atoms with van der Waals surface area (Å²) in [7, 11) is 0. The lowest BCUT2D eigenvalue weighted by atomic mass is 9.89. The predicted molar refractivity (Wildman–Crippen MR) is 60.7 cm³/mol. The summed E-state index contributed by atoms with van der Waals surface area (Å²) in [4.78, 5) is 25.8. The summed E-state index contributed by atoms with van der Waals surface area (Å²) in [6, 6.07) is 0. The van der Waals surface area contributed by atoms with Gasteiger partial charge in [-0.2, -0.15) is 0 Å². The van der Waals surface area contributed by atoms with Gasteiger partial charge in [-0.15, -0.1) is 0 Å². The third-order valence-electron chi connectivity index (χ3n) is 3.64. The van der Waals surface area contributed by atoms with Crippen molar-refractivity contribution in [3.63, 3.8) is 0 Å².